The average Bonchev–Trinajstić information content (AvgIpc) is 2.90. The van der Waals surface area contributed by atoms with E-state index in [2.05, 4.69) is 5.32 Å². The lowest BCUT2D eigenvalue weighted by molar-refractivity contribution is 0.0963. The van der Waals surface area contributed by atoms with Gasteiger partial charge in [-0.25, -0.2) is 8.42 Å². The van der Waals surface area contributed by atoms with Crippen LogP contribution in [-0.2, 0) is 16.4 Å². The molecule has 1 atom stereocenters. The number of nitrogens with zero attached hydrogens (tertiary/aromatic N) is 1. The number of carbonyl (C=O) groups excluding carboxylic acids is 1. The van der Waals surface area contributed by atoms with E-state index < -0.39 is 10.0 Å². The van der Waals surface area contributed by atoms with Gasteiger partial charge >= 0.3 is 0 Å². The third kappa shape index (κ3) is 2.59. The topological polar surface area (TPSA) is 66.5 Å². The highest BCUT2D eigenvalue weighted by atomic mass is 32.2. The van der Waals surface area contributed by atoms with Crippen LogP contribution in [0.4, 0.5) is 5.69 Å². The summed E-state index contributed by atoms with van der Waals surface area (Å²) in [5.74, 6) is -0.176. The number of amides is 1. The zero-order chi connectivity index (χ0) is 16.6. The Morgan fingerprint density at radius 3 is 2.52 bits per heavy atom. The molecule has 0 saturated carbocycles. The van der Waals surface area contributed by atoms with Gasteiger partial charge < -0.3 is 5.32 Å². The third-order valence-electron chi connectivity index (χ3n) is 4.02. The molecule has 0 fully saturated rings. The number of carbonyl (C=O) groups is 1. The van der Waals surface area contributed by atoms with Gasteiger partial charge in [-0.15, -0.1) is 0 Å². The van der Waals surface area contributed by atoms with E-state index in [-0.39, 0.29) is 16.8 Å². The van der Waals surface area contributed by atoms with E-state index in [0.29, 0.717) is 17.7 Å². The van der Waals surface area contributed by atoms with Gasteiger partial charge in [0.15, 0.2) is 0 Å². The zero-order valence-electron chi connectivity index (χ0n) is 13.0. The van der Waals surface area contributed by atoms with E-state index in [4.69, 9.17) is 0 Å². The summed E-state index contributed by atoms with van der Waals surface area (Å²) in [6.07, 6.45) is 0.590. The number of rotatable bonds is 3. The average molecular weight is 330 g/mol. The van der Waals surface area contributed by atoms with E-state index >= 15 is 0 Å². The molecule has 120 valence electrons. The number of benzene rings is 2. The Morgan fingerprint density at radius 2 is 1.87 bits per heavy atom. The van der Waals surface area contributed by atoms with E-state index in [1.165, 1.54) is 4.31 Å². The van der Waals surface area contributed by atoms with Gasteiger partial charge in [0, 0.05) is 18.7 Å². The lowest BCUT2D eigenvalue weighted by Gasteiger charge is -2.24. The van der Waals surface area contributed by atoms with E-state index in [1.807, 2.05) is 6.92 Å². The van der Waals surface area contributed by atoms with Crippen molar-refractivity contribution in [3.8, 4) is 0 Å². The summed E-state index contributed by atoms with van der Waals surface area (Å²) in [7, 11) is -2.03. The van der Waals surface area contributed by atoms with Gasteiger partial charge in [-0.3, -0.25) is 9.10 Å². The monoisotopic (exact) mass is 330 g/mol. The molecule has 0 unspecified atom stereocenters. The number of anilines is 1. The number of sulfonamides is 1. The highest BCUT2D eigenvalue weighted by Crippen LogP contribution is 2.37. The SMILES string of the molecule is CNC(=O)c1ccc2c(c1)C[C@@H](C)N2S(=O)(=O)c1ccccc1. The molecule has 0 spiro atoms. The van der Waals surface area contributed by atoms with Crippen LogP contribution in [0.15, 0.2) is 53.4 Å². The van der Waals surface area contributed by atoms with E-state index in [1.54, 1.807) is 55.6 Å². The molecule has 0 radical (unpaired) electrons. The van der Waals surface area contributed by atoms with Crippen LogP contribution in [0.25, 0.3) is 0 Å². The lowest BCUT2D eigenvalue weighted by atomic mass is 10.1. The van der Waals surface area contributed by atoms with Gasteiger partial charge in [-0.05, 0) is 49.2 Å². The van der Waals surface area contributed by atoms with Crippen LogP contribution >= 0.6 is 0 Å². The first-order valence-corrected chi connectivity index (χ1v) is 8.83. The van der Waals surface area contributed by atoms with Gasteiger partial charge in [0.1, 0.15) is 0 Å². The first kappa shape index (κ1) is 15.6. The highest BCUT2D eigenvalue weighted by molar-refractivity contribution is 7.92. The Bertz CT molecular complexity index is 847. The van der Waals surface area contributed by atoms with Crippen molar-refractivity contribution >= 4 is 21.6 Å². The number of hydrogen-bond acceptors (Lipinski definition) is 3. The minimum Gasteiger partial charge on any atom is -0.355 e. The Labute approximate surface area is 136 Å². The molecular weight excluding hydrogens is 312 g/mol. The van der Waals surface area contributed by atoms with Crippen LogP contribution in [0.5, 0.6) is 0 Å². The normalized spacial score (nSPS) is 17.0. The summed E-state index contributed by atoms with van der Waals surface area (Å²) < 4.78 is 27.3. The second kappa shape index (κ2) is 5.70. The van der Waals surface area contributed by atoms with E-state index in [0.717, 1.165) is 5.56 Å². The molecule has 0 aromatic heterocycles. The van der Waals surface area contributed by atoms with Crippen molar-refractivity contribution in [2.75, 3.05) is 11.4 Å². The first-order chi connectivity index (χ1) is 10.9. The second-order valence-corrected chi connectivity index (χ2v) is 7.40. The molecule has 3 rings (SSSR count). The van der Waals surface area contributed by atoms with Crippen LogP contribution in [0.1, 0.15) is 22.8 Å². The molecule has 1 N–H and O–H groups in total. The number of nitrogens with one attached hydrogen (secondary N) is 1. The van der Waals surface area contributed by atoms with Crippen molar-refractivity contribution in [2.45, 2.75) is 24.3 Å². The van der Waals surface area contributed by atoms with Crippen molar-refractivity contribution in [2.24, 2.45) is 0 Å². The molecule has 2 aromatic carbocycles. The van der Waals surface area contributed by atoms with Crippen molar-refractivity contribution in [3.05, 3.63) is 59.7 Å². The zero-order valence-corrected chi connectivity index (χ0v) is 13.8. The molecule has 6 heteroatoms. The van der Waals surface area contributed by atoms with Gasteiger partial charge in [-0.2, -0.15) is 0 Å². The predicted molar refractivity (Wildman–Crippen MR) is 89.1 cm³/mol. The summed E-state index contributed by atoms with van der Waals surface area (Å²) in [4.78, 5) is 12.0. The van der Waals surface area contributed by atoms with Crippen molar-refractivity contribution < 1.29 is 13.2 Å². The Hall–Kier alpha value is -2.34. The maximum Gasteiger partial charge on any atom is 0.264 e. The molecule has 1 heterocycles. The Balaban J connectivity index is 2.06. The summed E-state index contributed by atoms with van der Waals surface area (Å²) >= 11 is 0. The Kier molecular flexibility index (Phi) is 3.85. The predicted octanol–water partition coefficient (Wildman–Crippen LogP) is 2.19. The van der Waals surface area contributed by atoms with Crippen molar-refractivity contribution in [3.63, 3.8) is 0 Å². The smallest absolute Gasteiger partial charge is 0.264 e. The molecule has 1 aliphatic heterocycles. The quantitative estimate of drug-likeness (QED) is 0.938. The number of fused-ring (bicyclic) bond motifs is 1. The van der Waals surface area contributed by atoms with Crippen LogP contribution in [0.2, 0.25) is 0 Å². The molecule has 0 saturated heterocycles. The standard InChI is InChI=1S/C17H18N2O3S/c1-12-10-14-11-13(17(20)18-2)8-9-16(14)19(12)23(21,22)15-6-4-3-5-7-15/h3-9,11-12H,10H2,1-2H3,(H,18,20)/t12-/m1/s1. The maximum atomic E-state index is 12.9. The summed E-state index contributed by atoms with van der Waals surface area (Å²) in [5.41, 5.74) is 2.06. The van der Waals surface area contributed by atoms with Gasteiger partial charge in [0.2, 0.25) is 0 Å². The molecule has 0 bridgehead atoms. The van der Waals surface area contributed by atoms with Gasteiger partial charge in [-0.1, -0.05) is 18.2 Å². The number of hydrogen-bond donors (Lipinski definition) is 1. The third-order valence-corrected chi connectivity index (χ3v) is 5.96. The van der Waals surface area contributed by atoms with Crippen LogP contribution in [0.3, 0.4) is 0 Å². The second-order valence-electron chi connectivity index (χ2n) is 5.59. The highest BCUT2D eigenvalue weighted by Gasteiger charge is 2.36. The minimum atomic E-state index is -3.61. The fraction of sp³-hybridized carbons (Fsp3) is 0.235. The first-order valence-electron chi connectivity index (χ1n) is 7.39. The summed E-state index contributed by atoms with van der Waals surface area (Å²) in [6.45, 7) is 1.88. The fourth-order valence-electron chi connectivity index (χ4n) is 2.96. The Morgan fingerprint density at radius 1 is 1.17 bits per heavy atom. The molecule has 2 aromatic rings. The summed E-state index contributed by atoms with van der Waals surface area (Å²) in [5, 5.41) is 2.58. The van der Waals surface area contributed by atoms with Crippen LogP contribution < -0.4 is 9.62 Å². The van der Waals surface area contributed by atoms with Crippen LogP contribution in [0, 0.1) is 0 Å². The van der Waals surface area contributed by atoms with Gasteiger partial charge in [0.05, 0.1) is 10.6 Å². The molecule has 23 heavy (non-hydrogen) atoms. The van der Waals surface area contributed by atoms with E-state index in [9.17, 15) is 13.2 Å². The minimum absolute atomic E-state index is 0.176. The molecule has 0 aliphatic carbocycles. The maximum absolute atomic E-state index is 12.9. The van der Waals surface area contributed by atoms with Crippen molar-refractivity contribution in [1.82, 2.24) is 5.32 Å². The molecule has 1 amide bonds. The van der Waals surface area contributed by atoms with Crippen LogP contribution in [-0.4, -0.2) is 27.4 Å². The molecule has 5 nitrogen and oxygen atoms in total. The largest absolute Gasteiger partial charge is 0.355 e. The lowest BCUT2D eigenvalue weighted by Crippen LogP contribution is -2.35. The van der Waals surface area contributed by atoms with Gasteiger partial charge in [0.25, 0.3) is 15.9 Å². The van der Waals surface area contributed by atoms with Crippen molar-refractivity contribution in [1.29, 1.82) is 0 Å². The summed E-state index contributed by atoms with van der Waals surface area (Å²) in [6, 6.07) is 13.4. The fourth-order valence-corrected chi connectivity index (χ4v) is 4.67. The molecule has 1 aliphatic rings. The molecular formula is C17H18N2O3S.